The molecule has 25 heavy (non-hydrogen) atoms. The summed E-state index contributed by atoms with van der Waals surface area (Å²) in [4.78, 5) is 8.21. The first-order chi connectivity index (χ1) is 12.3. The fraction of sp³-hybridized carbons (Fsp3) is 0.550. The summed E-state index contributed by atoms with van der Waals surface area (Å²) in [5, 5.41) is 2.17. The predicted octanol–water partition coefficient (Wildman–Crippen LogP) is 3.73. The third-order valence-corrected chi connectivity index (χ3v) is 6.27. The number of aromatic nitrogens is 1. The molecular formula is C20H26N2O2S. The maximum atomic E-state index is 6.16. The summed E-state index contributed by atoms with van der Waals surface area (Å²) in [6, 6.07) is 8.42. The predicted molar refractivity (Wildman–Crippen MR) is 99.5 cm³/mol. The third-order valence-electron chi connectivity index (χ3n) is 5.41. The second kappa shape index (κ2) is 7.96. The zero-order valence-electron chi connectivity index (χ0n) is 14.6. The van der Waals surface area contributed by atoms with E-state index < -0.39 is 0 Å². The van der Waals surface area contributed by atoms with E-state index in [1.165, 1.54) is 11.3 Å². The van der Waals surface area contributed by atoms with Gasteiger partial charge in [0.1, 0.15) is 0 Å². The summed E-state index contributed by atoms with van der Waals surface area (Å²) < 4.78 is 12.3. The smallest absolute Gasteiger partial charge is 0.0732 e. The fourth-order valence-electron chi connectivity index (χ4n) is 4.21. The van der Waals surface area contributed by atoms with Crippen LogP contribution in [0.2, 0.25) is 0 Å². The van der Waals surface area contributed by atoms with Crippen molar-refractivity contribution in [3.8, 4) is 0 Å². The van der Waals surface area contributed by atoms with Crippen LogP contribution < -0.4 is 0 Å². The van der Waals surface area contributed by atoms with Crippen molar-refractivity contribution in [3.63, 3.8) is 0 Å². The number of thiophene rings is 1. The van der Waals surface area contributed by atoms with Crippen LogP contribution in [0, 0.1) is 5.41 Å². The molecule has 5 heteroatoms. The Morgan fingerprint density at radius 3 is 3.20 bits per heavy atom. The molecule has 0 saturated carbocycles. The van der Waals surface area contributed by atoms with Crippen molar-refractivity contribution in [2.24, 2.45) is 5.41 Å². The lowest BCUT2D eigenvalue weighted by Gasteiger charge is -2.50. The van der Waals surface area contributed by atoms with Crippen LogP contribution in [0.1, 0.15) is 29.7 Å². The number of nitrogens with zero attached hydrogens (tertiary/aromatic N) is 2. The lowest BCUT2D eigenvalue weighted by atomic mass is 9.73. The van der Waals surface area contributed by atoms with E-state index in [0.717, 1.165) is 51.3 Å². The van der Waals surface area contributed by atoms with Crippen LogP contribution in [0.15, 0.2) is 42.0 Å². The Morgan fingerprint density at radius 1 is 1.36 bits per heavy atom. The van der Waals surface area contributed by atoms with Crippen LogP contribution in [0.4, 0.5) is 0 Å². The maximum absolute atomic E-state index is 6.16. The molecule has 2 aromatic heterocycles. The van der Waals surface area contributed by atoms with Crippen molar-refractivity contribution in [2.45, 2.75) is 38.5 Å². The molecule has 0 radical (unpaired) electrons. The lowest BCUT2D eigenvalue weighted by molar-refractivity contribution is -0.155. The Morgan fingerprint density at radius 2 is 2.36 bits per heavy atom. The van der Waals surface area contributed by atoms with Crippen molar-refractivity contribution in [1.29, 1.82) is 0 Å². The molecule has 0 spiro atoms. The normalized spacial score (nSPS) is 27.1. The van der Waals surface area contributed by atoms with Gasteiger partial charge in [0.15, 0.2) is 0 Å². The van der Waals surface area contributed by atoms with E-state index in [1.807, 2.05) is 23.6 Å². The summed E-state index contributed by atoms with van der Waals surface area (Å²) in [6.45, 7) is 5.55. The standard InChI is InChI=1S/C20H26N2O2S/c1-4-17(12-21-8-1)14-23-16-20-7-3-10-24-19(20)6-9-22(15-20)13-18-5-2-11-25-18/h1-2,4-5,8,11-12,19H,3,6-7,9-10,13-16H2/t19-,20-/m1/s1. The molecule has 2 atom stereocenters. The van der Waals surface area contributed by atoms with E-state index in [2.05, 4.69) is 33.5 Å². The molecule has 4 nitrogen and oxygen atoms in total. The van der Waals surface area contributed by atoms with Gasteiger partial charge in [-0.3, -0.25) is 9.88 Å². The van der Waals surface area contributed by atoms with Gasteiger partial charge in [-0.1, -0.05) is 12.1 Å². The van der Waals surface area contributed by atoms with Gasteiger partial charge in [0, 0.05) is 48.9 Å². The first kappa shape index (κ1) is 17.2. The molecule has 0 bridgehead atoms. The van der Waals surface area contributed by atoms with Crippen molar-refractivity contribution in [3.05, 3.63) is 52.5 Å². The van der Waals surface area contributed by atoms with Crippen LogP contribution in [0.3, 0.4) is 0 Å². The highest BCUT2D eigenvalue weighted by Crippen LogP contribution is 2.41. The molecule has 0 aromatic carbocycles. The van der Waals surface area contributed by atoms with E-state index in [0.29, 0.717) is 12.7 Å². The molecule has 134 valence electrons. The zero-order valence-corrected chi connectivity index (χ0v) is 15.4. The van der Waals surface area contributed by atoms with Crippen LogP contribution in [0.5, 0.6) is 0 Å². The van der Waals surface area contributed by atoms with Crippen molar-refractivity contribution in [1.82, 2.24) is 9.88 Å². The summed E-state index contributed by atoms with van der Waals surface area (Å²) in [5.41, 5.74) is 1.27. The molecule has 2 aliphatic rings. The Kier molecular flexibility index (Phi) is 5.46. The van der Waals surface area contributed by atoms with Gasteiger partial charge >= 0.3 is 0 Å². The Hall–Kier alpha value is -1.27. The molecule has 4 rings (SSSR count). The Labute approximate surface area is 153 Å². The monoisotopic (exact) mass is 358 g/mol. The van der Waals surface area contributed by atoms with Crippen molar-refractivity contribution >= 4 is 11.3 Å². The largest absolute Gasteiger partial charge is 0.377 e. The Balaban J connectivity index is 1.40. The zero-order chi connectivity index (χ0) is 17.0. The number of likely N-dealkylation sites (tertiary alicyclic amines) is 1. The average molecular weight is 359 g/mol. The van der Waals surface area contributed by atoms with E-state index in [9.17, 15) is 0 Å². The highest BCUT2D eigenvalue weighted by atomic mass is 32.1. The molecule has 2 fully saturated rings. The molecule has 2 aliphatic heterocycles. The number of fused-ring (bicyclic) bond motifs is 1. The van der Waals surface area contributed by atoms with Gasteiger partial charge in [-0.05, 0) is 42.3 Å². The first-order valence-corrected chi connectivity index (χ1v) is 10.1. The first-order valence-electron chi connectivity index (χ1n) is 9.17. The molecular weight excluding hydrogens is 332 g/mol. The molecule has 0 unspecified atom stereocenters. The Bertz CT molecular complexity index is 649. The number of hydrogen-bond donors (Lipinski definition) is 0. The highest BCUT2D eigenvalue weighted by Gasteiger charge is 2.46. The van der Waals surface area contributed by atoms with Crippen LogP contribution in [0.25, 0.3) is 0 Å². The van der Waals surface area contributed by atoms with Gasteiger partial charge in [-0.2, -0.15) is 0 Å². The quantitative estimate of drug-likeness (QED) is 0.788. The minimum Gasteiger partial charge on any atom is -0.377 e. The van der Waals surface area contributed by atoms with Gasteiger partial charge in [-0.25, -0.2) is 0 Å². The third kappa shape index (κ3) is 4.11. The molecule has 0 N–H and O–H groups in total. The number of ether oxygens (including phenoxy) is 2. The van der Waals surface area contributed by atoms with Crippen LogP contribution in [-0.4, -0.2) is 42.3 Å². The SMILES string of the molecule is c1cncc(COC[C@]23CCCO[C@@H]2CCN(Cc2cccs2)C3)c1. The molecule has 0 aliphatic carbocycles. The fourth-order valence-corrected chi connectivity index (χ4v) is 4.95. The molecule has 2 aromatic rings. The minimum absolute atomic E-state index is 0.135. The van der Waals surface area contributed by atoms with Gasteiger partial charge in [-0.15, -0.1) is 11.3 Å². The number of pyridine rings is 1. The molecule has 4 heterocycles. The molecule has 2 saturated heterocycles. The van der Waals surface area contributed by atoms with E-state index >= 15 is 0 Å². The van der Waals surface area contributed by atoms with E-state index in [-0.39, 0.29) is 5.41 Å². The highest BCUT2D eigenvalue weighted by molar-refractivity contribution is 7.09. The average Bonchev–Trinajstić information content (AvgIpc) is 3.15. The number of piperidine rings is 1. The topological polar surface area (TPSA) is 34.6 Å². The summed E-state index contributed by atoms with van der Waals surface area (Å²) >= 11 is 1.85. The minimum atomic E-state index is 0.135. The van der Waals surface area contributed by atoms with Crippen LogP contribution in [-0.2, 0) is 22.6 Å². The lowest BCUT2D eigenvalue weighted by Crippen LogP contribution is -2.56. The second-order valence-electron chi connectivity index (χ2n) is 7.26. The van der Waals surface area contributed by atoms with Crippen LogP contribution >= 0.6 is 11.3 Å². The summed E-state index contributed by atoms with van der Waals surface area (Å²) in [7, 11) is 0. The van der Waals surface area contributed by atoms with E-state index in [1.54, 1.807) is 6.20 Å². The number of rotatable bonds is 6. The summed E-state index contributed by atoms with van der Waals surface area (Å²) in [6.07, 6.45) is 7.48. The second-order valence-corrected chi connectivity index (χ2v) is 8.29. The summed E-state index contributed by atoms with van der Waals surface area (Å²) in [5.74, 6) is 0. The van der Waals surface area contributed by atoms with Gasteiger partial charge in [0.25, 0.3) is 0 Å². The molecule has 0 amide bonds. The van der Waals surface area contributed by atoms with Gasteiger partial charge in [0.05, 0.1) is 19.3 Å². The van der Waals surface area contributed by atoms with Gasteiger partial charge in [0.2, 0.25) is 0 Å². The van der Waals surface area contributed by atoms with Gasteiger partial charge < -0.3 is 9.47 Å². The van der Waals surface area contributed by atoms with E-state index in [4.69, 9.17) is 9.47 Å². The van der Waals surface area contributed by atoms with Crippen molar-refractivity contribution in [2.75, 3.05) is 26.3 Å². The van der Waals surface area contributed by atoms with Crippen molar-refractivity contribution < 1.29 is 9.47 Å². The number of hydrogen-bond acceptors (Lipinski definition) is 5. The maximum Gasteiger partial charge on any atom is 0.0732 e.